The highest BCUT2D eigenvalue weighted by Gasteiger charge is 2.24. The predicted octanol–water partition coefficient (Wildman–Crippen LogP) is 2.17. The van der Waals surface area contributed by atoms with Crippen molar-refractivity contribution in [1.29, 1.82) is 0 Å². The van der Waals surface area contributed by atoms with Crippen molar-refractivity contribution in [3.8, 4) is 11.3 Å². The highest BCUT2D eigenvalue weighted by Crippen LogP contribution is 2.34. The molecule has 0 spiro atoms. The van der Waals surface area contributed by atoms with Crippen molar-refractivity contribution in [3.05, 3.63) is 47.0 Å². The number of nitrogens with one attached hydrogen (secondary N) is 1. The maximum atomic E-state index is 4.82. The van der Waals surface area contributed by atoms with Gasteiger partial charge in [0.2, 0.25) is 5.95 Å². The number of likely N-dealkylation sites (N-methyl/N-ethyl adjacent to an activating group) is 1. The molecule has 30 heavy (non-hydrogen) atoms. The first-order valence-electron chi connectivity index (χ1n) is 10.6. The summed E-state index contributed by atoms with van der Waals surface area (Å²) in [5, 5.41) is 7.91. The Morgan fingerprint density at radius 2 is 1.83 bits per heavy atom. The number of pyridine rings is 1. The number of aryl methyl sites for hydroxylation is 3. The molecule has 1 fully saturated rings. The van der Waals surface area contributed by atoms with Gasteiger partial charge in [-0.25, -0.2) is 15.0 Å². The van der Waals surface area contributed by atoms with Crippen LogP contribution in [0.25, 0.3) is 11.3 Å². The maximum absolute atomic E-state index is 4.82. The largest absolute Gasteiger partial charge is 0.309 e. The van der Waals surface area contributed by atoms with E-state index in [4.69, 9.17) is 4.98 Å². The molecule has 3 aromatic heterocycles. The lowest BCUT2D eigenvalue weighted by Gasteiger charge is -2.32. The highest BCUT2D eigenvalue weighted by molar-refractivity contribution is 5.71. The van der Waals surface area contributed by atoms with Crippen molar-refractivity contribution < 1.29 is 0 Å². The van der Waals surface area contributed by atoms with Gasteiger partial charge in [-0.15, -0.1) is 0 Å². The van der Waals surface area contributed by atoms with Crippen LogP contribution >= 0.6 is 0 Å². The lowest BCUT2D eigenvalue weighted by molar-refractivity contribution is 0.148. The molecule has 1 N–H and O–H groups in total. The van der Waals surface area contributed by atoms with E-state index in [9.17, 15) is 0 Å². The SMILES string of the molecule is Cc1c2c(nn1C)CCc1cnc(Nc3ccc(CN4CCN(C)CC4)cn3)nc1-2. The third-order valence-electron chi connectivity index (χ3n) is 6.21. The van der Waals surface area contributed by atoms with E-state index in [1.165, 1.54) is 11.1 Å². The Morgan fingerprint density at radius 3 is 2.60 bits per heavy atom. The van der Waals surface area contributed by atoms with Crippen LogP contribution in [0.2, 0.25) is 0 Å². The number of anilines is 2. The molecule has 0 atom stereocenters. The Hall–Kier alpha value is -2.84. The molecule has 2 aliphatic rings. The second-order valence-electron chi connectivity index (χ2n) is 8.35. The summed E-state index contributed by atoms with van der Waals surface area (Å²) in [4.78, 5) is 18.8. The van der Waals surface area contributed by atoms with Crippen LogP contribution in [0.1, 0.15) is 22.5 Å². The fourth-order valence-corrected chi connectivity index (χ4v) is 4.25. The zero-order chi connectivity index (χ0) is 20.7. The first-order chi connectivity index (χ1) is 14.6. The minimum absolute atomic E-state index is 0.573. The van der Waals surface area contributed by atoms with Crippen LogP contribution in [0.15, 0.2) is 24.5 Å². The van der Waals surface area contributed by atoms with Gasteiger partial charge in [0.15, 0.2) is 0 Å². The molecule has 0 aromatic carbocycles. The minimum Gasteiger partial charge on any atom is -0.309 e. The van der Waals surface area contributed by atoms with E-state index in [-0.39, 0.29) is 0 Å². The maximum Gasteiger partial charge on any atom is 0.228 e. The number of rotatable bonds is 4. The average molecular weight is 405 g/mol. The van der Waals surface area contributed by atoms with E-state index in [0.29, 0.717) is 5.95 Å². The van der Waals surface area contributed by atoms with Crippen molar-refractivity contribution in [2.24, 2.45) is 7.05 Å². The molecule has 156 valence electrons. The summed E-state index contributed by atoms with van der Waals surface area (Å²) in [5.74, 6) is 1.33. The fourth-order valence-electron chi connectivity index (χ4n) is 4.25. The van der Waals surface area contributed by atoms with Crippen molar-refractivity contribution in [3.63, 3.8) is 0 Å². The first-order valence-corrected chi connectivity index (χ1v) is 10.6. The van der Waals surface area contributed by atoms with E-state index in [1.54, 1.807) is 0 Å². The minimum atomic E-state index is 0.573. The van der Waals surface area contributed by atoms with Crippen molar-refractivity contribution in [2.45, 2.75) is 26.3 Å². The molecule has 3 aromatic rings. The van der Waals surface area contributed by atoms with Gasteiger partial charge in [0, 0.05) is 63.4 Å². The van der Waals surface area contributed by atoms with Gasteiger partial charge < -0.3 is 10.2 Å². The van der Waals surface area contributed by atoms with Crippen molar-refractivity contribution in [1.82, 2.24) is 34.5 Å². The Kier molecular flexibility index (Phi) is 4.96. The third-order valence-corrected chi connectivity index (χ3v) is 6.21. The molecular weight excluding hydrogens is 376 g/mol. The van der Waals surface area contributed by atoms with Crippen LogP contribution in [0.3, 0.4) is 0 Å². The molecule has 4 heterocycles. The lowest BCUT2D eigenvalue weighted by Crippen LogP contribution is -2.43. The summed E-state index contributed by atoms with van der Waals surface area (Å²) >= 11 is 0. The second kappa shape index (κ2) is 7.77. The van der Waals surface area contributed by atoms with E-state index < -0.39 is 0 Å². The van der Waals surface area contributed by atoms with Crippen molar-refractivity contribution in [2.75, 3.05) is 38.5 Å². The van der Waals surface area contributed by atoms with Crippen LogP contribution in [0.4, 0.5) is 11.8 Å². The summed E-state index contributed by atoms with van der Waals surface area (Å²) in [6.45, 7) is 7.50. The summed E-state index contributed by atoms with van der Waals surface area (Å²) in [5.41, 5.74) is 6.82. The number of hydrogen-bond donors (Lipinski definition) is 1. The van der Waals surface area contributed by atoms with Crippen LogP contribution < -0.4 is 5.32 Å². The Morgan fingerprint density at radius 1 is 1.00 bits per heavy atom. The zero-order valence-electron chi connectivity index (χ0n) is 17.9. The van der Waals surface area contributed by atoms with Gasteiger partial charge >= 0.3 is 0 Å². The van der Waals surface area contributed by atoms with Gasteiger partial charge in [-0.3, -0.25) is 9.58 Å². The van der Waals surface area contributed by atoms with Gasteiger partial charge in [0.05, 0.1) is 11.4 Å². The van der Waals surface area contributed by atoms with E-state index in [2.05, 4.69) is 50.2 Å². The van der Waals surface area contributed by atoms with Gasteiger partial charge in [0.25, 0.3) is 0 Å². The van der Waals surface area contributed by atoms with Gasteiger partial charge in [0.1, 0.15) is 5.82 Å². The number of piperazine rings is 1. The highest BCUT2D eigenvalue weighted by atomic mass is 15.3. The third kappa shape index (κ3) is 3.68. The Balaban J connectivity index is 1.31. The second-order valence-corrected chi connectivity index (χ2v) is 8.35. The molecule has 1 aliphatic carbocycles. The van der Waals surface area contributed by atoms with Crippen LogP contribution in [-0.4, -0.2) is 67.8 Å². The van der Waals surface area contributed by atoms with Crippen LogP contribution in [0, 0.1) is 6.92 Å². The summed E-state index contributed by atoms with van der Waals surface area (Å²) < 4.78 is 1.94. The molecule has 5 rings (SSSR count). The molecule has 0 amide bonds. The Bertz CT molecular complexity index is 1050. The van der Waals surface area contributed by atoms with E-state index in [0.717, 1.165) is 74.0 Å². The molecule has 1 saturated heterocycles. The lowest BCUT2D eigenvalue weighted by atomic mass is 9.94. The number of fused-ring (bicyclic) bond motifs is 3. The fraction of sp³-hybridized carbons (Fsp3) is 0.455. The molecule has 8 heteroatoms. The summed E-state index contributed by atoms with van der Waals surface area (Å²) in [7, 11) is 4.17. The predicted molar refractivity (Wildman–Crippen MR) is 117 cm³/mol. The standard InChI is InChI=1S/C22H28N8/c1-15-20-18(27-29(15)3)6-5-17-13-24-22(26-21(17)20)25-19-7-4-16(12-23-19)14-30-10-8-28(2)9-11-30/h4,7,12-13H,5-6,8-11,14H2,1-3H3,(H,23,24,25,26). The van der Waals surface area contributed by atoms with Gasteiger partial charge in [-0.05, 0) is 44.0 Å². The molecule has 8 nitrogen and oxygen atoms in total. The normalized spacial score (nSPS) is 16.9. The number of hydrogen-bond acceptors (Lipinski definition) is 7. The molecule has 0 saturated carbocycles. The molecule has 0 unspecified atom stereocenters. The summed E-state index contributed by atoms with van der Waals surface area (Å²) in [6, 6.07) is 4.14. The van der Waals surface area contributed by atoms with Crippen LogP contribution in [0.5, 0.6) is 0 Å². The van der Waals surface area contributed by atoms with Crippen molar-refractivity contribution >= 4 is 11.8 Å². The number of aromatic nitrogens is 5. The molecule has 0 bridgehead atoms. The molecule has 1 aliphatic heterocycles. The zero-order valence-corrected chi connectivity index (χ0v) is 17.9. The van der Waals surface area contributed by atoms with E-state index >= 15 is 0 Å². The van der Waals surface area contributed by atoms with E-state index in [1.807, 2.05) is 30.2 Å². The Labute approximate surface area is 177 Å². The smallest absolute Gasteiger partial charge is 0.228 e. The monoisotopic (exact) mass is 404 g/mol. The topological polar surface area (TPSA) is 75.0 Å². The van der Waals surface area contributed by atoms with Gasteiger partial charge in [-0.1, -0.05) is 6.07 Å². The number of nitrogens with zero attached hydrogens (tertiary/aromatic N) is 7. The summed E-state index contributed by atoms with van der Waals surface area (Å²) in [6.07, 6.45) is 5.75. The van der Waals surface area contributed by atoms with Gasteiger partial charge in [-0.2, -0.15) is 5.10 Å². The average Bonchev–Trinajstić information content (AvgIpc) is 3.05. The first kappa shape index (κ1) is 19.1. The quantitative estimate of drug-likeness (QED) is 0.714. The van der Waals surface area contributed by atoms with Crippen LogP contribution in [-0.2, 0) is 26.4 Å². The molecular formula is C22H28N8. The molecule has 0 radical (unpaired) electrons.